The second-order valence-electron chi connectivity index (χ2n) is 7.20. The molecule has 3 rings (SSSR count). The second kappa shape index (κ2) is 8.43. The maximum absolute atomic E-state index is 12.4. The molecule has 5 unspecified atom stereocenters. The minimum atomic E-state index is -0.193. The summed E-state index contributed by atoms with van der Waals surface area (Å²) in [4.78, 5) is 24.7. The molecule has 6 atom stereocenters. The second-order valence-corrected chi connectivity index (χ2v) is 8.40. The molecule has 3 saturated heterocycles. The molecule has 3 aliphatic rings. The fourth-order valence-corrected chi connectivity index (χ4v) is 4.91. The van der Waals surface area contributed by atoms with Gasteiger partial charge < -0.3 is 16.0 Å². The molecule has 0 aromatic rings. The van der Waals surface area contributed by atoms with Crippen LogP contribution in [0.1, 0.15) is 33.1 Å². The van der Waals surface area contributed by atoms with Gasteiger partial charge in [0.2, 0.25) is 5.91 Å². The van der Waals surface area contributed by atoms with E-state index < -0.39 is 0 Å². The third-order valence-corrected chi connectivity index (χ3v) is 6.77. The minimum absolute atomic E-state index is 0.0255. The van der Waals surface area contributed by atoms with E-state index in [1.165, 1.54) is 16.3 Å². The van der Waals surface area contributed by atoms with Gasteiger partial charge in [-0.2, -0.15) is 5.26 Å². The summed E-state index contributed by atoms with van der Waals surface area (Å²) in [7, 11) is 0. The maximum atomic E-state index is 12.4. The number of urea groups is 1. The molecule has 0 spiro atoms. The maximum Gasteiger partial charge on any atom is 0.328 e. The molecule has 26 heavy (non-hydrogen) atoms. The molecule has 3 aliphatic heterocycles. The van der Waals surface area contributed by atoms with Crippen molar-refractivity contribution >= 4 is 23.9 Å². The van der Waals surface area contributed by atoms with Gasteiger partial charge in [0.25, 0.3) is 0 Å². The summed E-state index contributed by atoms with van der Waals surface area (Å²) < 4.78 is 1.52. The molecule has 0 aliphatic carbocycles. The summed E-state index contributed by atoms with van der Waals surface area (Å²) in [5, 5.41) is 18.5. The Labute approximate surface area is 158 Å². The van der Waals surface area contributed by atoms with Crippen LogP contribution < -0.4 is 26.8 Å². The first-order valence-corrected chi connectivity index (χ1v) is 10.00. The first-order valence-electron chi connectivity index (χ1n) is 9.16. The summed E-state index contributed by atoms with van der Waals surface area (Å²) in [5.74, 6) is -0.181. The molecule has 3 amide bonds. The number of carbonyl (C=O) groups excluding carboxylic acids is 2. The standard InChI is InChI=1S/C16H27N7O2S/c1-9(12-4-3-11(7-17)21-22-12)19-14(24)8-23-16(25)20-13-5-6-18-10(2)15(13)26-23/h9-13,15,18,21-22H,3-6,8H2,1-2H3,(H,19,24)(H,20,25)/t9-,10?,11?,12?,13?,15?/m1/s1. The summed E-state index contributed by atoms with van der Waals surface area (Å²) >= 11 is 1.46. The van der Waals surface area contributed by atoms with Crippen molar-refractivity contribution in [1.29, 1.82) is 5.26 Å². The predicted molar refractivity (Wildman–Crippen MR) is 98.8 cm³/mol. The molecule has 5 N–H and O–H groups in total. The van der Waals surface area contributed by atoms with E-state index in [4.69, 9.17) is 5.26 Å². The van der Waals surface area contributed by atoms with Crippen LogP contribution in [0.2, 0.25) is 0 Å². The van der Waals surface area contributed by atoms with Gasteiger partial charge in [0.1, 0.15) is 12.6 Å². The van der Waals surface area contributed by atoms with Gasteiger partial charge in [0.15, 0.2) is 0 Å². The molecule has 3 heterocycles. The summed E-state index contributed by atoms with van der Waals surface area (Å²) in [6.45, 7) is 4.96. The van der Waals surface area contributed by atoms with E-state index >= 15 is 0 Å². The molecule has 0 bridgehead atoms. The number of carbonyl (C=O) groups is 2. The van der Waals surface area contributed by atoms with Gasteiger partial charge in [-0.15, -0.1) is 0 Å². The molecule has 0 radical (unpaired) electrons. The van der Waals surface area contributed by atoms with Crippen molar-refractivity contribution < 1.29 is 9.59 Å². The van der Waals surface area contributed by atoms with Crippen LogP contribution in [0, 0.1) is 11.3 Å². The van der Waals surface area contributed by atoms with E-state index in [-0.39, 0.29) is 53.9 Å². The zero-order chi connectivity index (χ0) is 18.7. The number of rotatable bonds is 4. The number of fused-ring (bicyclic) bond motifs is 1. The van der Waals surface area contributed by atoms with Crippen molar-refractivity contribution in [3.8, 4) is 6.07 Å². The van der Waals surface area contributed by atoms with Crippen LogP contribution in [0.25, 0.3) is 0 Å². The molecule has 0 saturated carbocycles. The largest absolute Gasteiger partial charge is 0.350 e. The van der Waals surface area contributed by atoms with Gasteiger partial charge in [-0.3, -0.25) is 14.5 Å². The van der Waals surface area contributed by atoms with Crippen LogP contribution in [0.3, 0.4) is 0 Å². The first-order chi connectivity index (χ1) is 12.5. The molecule has 9 nitrogen and oxygen atoms in total. The number of hydrogen-bond donors (Lipinski definition) is 5. The Morgan fingerprint density at radius 3 is 2.92 bits per heavy atom. The van der Waals surface area contributed by atoms with Gasteiger partial charge in [0.05, 0.1) is 11.3 Å². The quantitative estimate of drug-likeness (QED) is 0.414. The normalized spacial score (nSPS) is 35.7. The van der Waals surface area contributed by atoms with E-state index in [2.05, 4.69) is 39.8 Å². The van der Waals surface area contributed by atoms with E-state index in [0.717, 1.165) is 25.8 Å². The van der Waals surface area contributed by atoms with Crippen molar-refractivity contribution in [1.82, 2.24) is 31.1 Å². The Balaban J connectivity index is 1.48. The number of nitriles is 1. The third kappa shape index (κ3) is 4.40. The Bertz CT molecular complexity index is 575. The van der Waals surface area contributed by atoms with Gasteiger partial charge in [-0.1, -0.05) is 0 Å². The summed E-state index contributed by atoms with van der Waals surface area (Å²) in [6, 6.07) is 2.18. The van der Waals surface area contributed by atoms with Crippen molar-refractivity contribution in [3.05, 3.63) is 0 Å². The molecule has 10 heteroatoms. The van der Waals surface area contributed by atoms with Crippen molar-refractivity contribution in [3.63, 3.8) is 0 Å². The lowest BCUT2D eigenvalue weighted by Gasteiger charge is -2.43. The number of nitrogens with zero attached hydrogens (tertiary/aromatic N) is 2. The number of hydrazine groups is 1. The zero-order valence-corrected chi connectivity index (χ0v) is 15.9. The lowest BCUT2D eigenvalue weighted by atomic mass is 10.00. The number of nitrogens with one attached hydrogen (secondary N) is 5. The van der Waals surface area contributed by atoms with Crippen LogP contribution in [0.4, 0.5) is 4.79 Å². The summed E-state index contributed by atoms with van der Waals surface area (Å²) in [6.07, 6.45) is 2.46. The van der Waals surface area contributed by atoms with Crippen LogP contribution in [0.15, 0.2) is 0 Å². The predicted octanol–water partition coefficient (Wildman–Crippen LogP) is -0.568. The third-order valence-electron chi connectivity index (χ3n) is 5.24. The number of piperidine rings is 1. The van der Waals surface area contributed by atoms with Gasteiger partial charge >= 0.3 is 6.03 Å². The van der Waals surface area contributed by atoms with Crippen LogP contribution in [0.5, 0.6) is 0 Å². The number of hydrogen-bond acceptors (Lipinski definition) is 7. The Kier molecular flexibility index (Phi) is 6.24. The van der Waals surface area contributed by atoms with Crippen LogP contribution in [-0.4, -0.2) is 64.8 Å². The van der Waals surface area contributed by atoms with Crippen molar-refractivity contribution in [2.45, 2.75) is 68.6 Å². The average molecular weight is 382 g/mol. The highest BCUT2D eigenvalue weighted by molar-refractivity contribution is 7.98. The van der Waals surface area contributed by atoms with Crippen LogP contribution >= 0.6 is 11.9 Å². The lowest BCUT2D eigenvalue weighted by molar-refractivity contribution is -0.121. The Morgan fingerprint density at radius 2 is 2.23 bits per heavy atom. The van der Waals surface area contributed by atoms with Crippen LogP contribution in [-0.2, 0) is 4.79 Å². The number of amides is 3. The topological polar surface area (TPSA) is 121 Å². The SMILES string of the molecule is CC1NCCC2NC(=O)N(CC(=O)N[C@H](C)C3CCC(C#N)NN3)SC12. The highest BCUT2D eigenvalue weighted by atomic mass is 32.2. The summed E-state index contributed by atoms with van der Waals surface area (Å²) in [5.41, 5.74) is 6.04. The minimum Gasteiger partial charge on any atom is -0.350 e. The molecular formula is C16H27N7O2S. The Morgan fingerprint density at radius 1 is 1.42 bits per heavy atom. The Hall–Kier alpha value is -1.54. The van der Waals surface area contributed by atoms with Crippen molar-refractivity contribution in [2.75, 3.05) is 13.1 Å². The lowest BCUT2D eigenvalue weighted by Crippen LogP contribution is -2.63. The monoisotopic (exact) mass is 381 g/mol. The van der Waals surface area contributed by atoms with Crippen molar-refractivity contribution in [2.24, 2.45) is 0 Å². The van der Waals surface area contributed by atoms with E-state index in [1.54, 1.807) is 0 Å². The molecule has 0 aromatic carbocycles. The first kappa shape index (κ1) is 19.2. The molecule has 0 aromatic heterocycles. The zero-order valence-electron chi connectivity index (χ0n) is 15.1. The van der Waals surface area contributed by atoms with Gasteiger partial charge in [0, 0.05) is 24.2 Å². The molecule has 3 fully saturated rings. The fourth-order valence-electron chi connectivity index (χ4n) is 3.65. The highest BCUT2D eigenvalue weighted by Crippen LogP contribution is 2.30. The average Bonchev–Trinajstić information content (AvgIpc) is 2.63. The smallest absolute Gasteiger partial charge is 0.328 e. The van der Waals surface area contributed by atoms with E-state index in [1.807, 2.05) is 6.92 Å². The fraction of sp³-hybridized carbons (Fsp3) is 0.812. The van der Waals surface area contributed by atoms with E-state index in [0.29, 0.717) is 0 Å². The van der Waals surface area contributed by atoms with E-state index in [9.17, 15) is 9.59 Å². The molecule has 144 valence electrons. The highest BCUT2D eigenvalue weighted by Gasteiger charge is 2.40. The molecular weight excluding hydrogens is 354 g/mol. The van der Waals surface area contributed by atoms with Gasteiger partial charge in [-0.25, -0.2) is 10.2 Å². The van der Waals surface area contributed by atoms with Gasteiger partial charge in [-0.05, 0) is 51.6 Å².